The molecule has 16 heavy (non-hydrogen) atoms. The van der Waals surface area contributed by atoms with Gasteiger partial charge in [0.25, 0.3) is 0 Å². The van der Waals surface area contributed by atoms with Crippen LogP contribution >= 0.6 is 0 Å². The molecule has 0 saturated carbocycles. The Kier molecular flexibility index (Phi) is 4.22. The summed E-state index contributed by atoms with van der Waals surface area (Å²) in [6.45, 7) is 10.0. The molecule has 2 heterocycles. The lowest BCUT2D eigenvalue weighted by atomic mass is 9.91. The van der Waals surface area contributed by atoms with Gasteiger partial charge in [-0.05, 0) is 32.7 Å². The van der Waals surface area contributed by atoms with Crippen molar-refractivity contribution in [2.75, 3.05) is 32.8 Å². The lowest BCUT2D eigenvalue weighted by Gasteiger charge is -2.39. The summed E-state index contributed by atoms with van der Waals surface area (Å²) in [6, 6.07) is 0. The van der Waals surface area contributed by atoms with Crippen LogP contribution in [0.15, 0.2) is 0 Å². The molecule has 2 saturated heterocycles. The zero-order valence-electron chi connectivity index (χ0n) is 10.8. The molecule has 0 aromatic rings. The third-order valence-corrected chi connectivity index (χ3v) is 3.91. The molecule has 0 spiro atoms. The van der Waals surface area contributed by atoms with E-state index in [4.69, 9.17) is 4.74 Å². The molecule has 0 aliphatic carbocycles. The molecule has 0 aromatic heterocycles. The van der Waals surface area contributed by atoms with Crippen molar-refractivity contribution >= 4 is 0 Å². The van der Waals surface area contributed by atoms with Crippen molar-refractivity contribution in [1.82, 2.24) is 10.2 Å². The standard InChI is InChI=1S/C13H26N2O/c1-3-5-13(6-4-7-14-13)11-15-8-9-16-12(2)10-15/h12,14H,3-11H2,1-2H3. The third kappa shape index (κ3) is 2.96. The molecule has 2 fully saturated rings. The van der Waals surface area contributed by atoms with Crippen molar-refractivity contribution in [3.63, 3.8) is 0 Å². The number of hydrogen-bond acceptors (Lipinski definition) is 3. The van der Waals surface area contributed by atoms with Gasteiger partial charge in [-0.15, -0.1) is 0 Å². The van der Waals surface area contributed by atoms with Crippen molar-refractivity contribution in [2.45, 2.75) is 51.2 Å². The molecule has 2 aliphatic rings. The van der Waals surface area contributed by atoms with Crippen LogP contribution in [0.5, 0.6) is 0 Å². The monoisotopic (exact) mass is 226 g/mol. The summed E-state index contributed by atoms with van der Waals surface area (Å²) in [5.74, 6) is 0. The van der Waals surface area contributed by atoms with Gasteiger partial charge >= 0.3 is 0 Å². The maximum atomic E-state index is 5.60. The largest absolute Gasteiger partial charge is 0.376 e. The Morgan fingerprint density at radius 1 is 1.50 bits per heavy atom. The van der Waals surface area contributed by atoms with Gasteiger partial charge in [0.05, 0.1) is 12.7 Å². The molecular formula is C13H26N2O. The summed E-state index contributed by atoms with van der Waals surface area (Å²) >= 11 is 0. The Bertz CT molecular complexity index is 214. The van der Waals surface area contributed by atoms with Gasteiger partial charge in [-0.25, -0.2) is 0 Å². The summed E-state index contributed by atoms with van der Waals surface area (Å²) in [4.78, 5) is 2.59. The molecular weight excluding hydrogens is 200 g/mol. The minimum Gasteiger partial charge on any atom is -0.376 e. The fraction of sp³-hybridized carbons (Fsp3) is 1.00. The molecule has 2 atom stereocenters. The van der Waals surface area contributed by atoms with Crippen LogP contribution in [-0.4, -0.2) is 49.3 Å². The predicted molar refractivity (Wildman–Crippen MR) is 66.7 cm³/mol. The minimum absolute atomic E-state index is 0.409. The SMILES string of the molecule is CCCC1(CN2CCOC(C)C2)CCCN1. The van der Waals surface area contributed by atoms with Gasteiger partial charge in [0.2, 0.25) is 0 Å². The first-order valence-corrected chi connectivity index (χ1v) is 6.83. The molecule has 0 radical (unpaired) electrons. The highest BCUT2D eigenvalue weighted by atomic mass is 16.5. The first-order chi connectivity index (χ1) is 7.74. The van der Waals surface area contributed by atoms with Gasteiger partial charge in [0.1, 0.15) is 0 Å². The van der Waals surface area contributed by atoms with Crippen molar-refractivity contribution < 1.29 is 4.74 Å². The highest BCUT2D eigenvalue weighted by molar-refractivity contribution is 4.95. The van der Waals surface area contributed by atoms with Crippen LogP contribution in [0.25, 0.3) is 0 Å². The van der Waals surface area contributed by atoms with Crippen molar-refractivity contribution in [3.05, 3.63) is 0 Å². The van der Waals surface area contributed by atoms with E-state index in [1.54, 1.807) is 0 Å². The maximum Gasteiger partial charge on any atom is 0.0674 e. The van der Waals surface area contributed by atoms with Crippen LogP contribution in [-0.2, 0) is 4.74 Å². The van der Waals surface area contributed by atoms with Crippen LogP contribution in [0.2, 0.25) is 0 Å². The number of hydrogen-bond donors (Lipinski definition) is 1. The third-order valence-electron chi connectivity index (χ3n) is 3.91. The summed E-state index contributed by atoms with van der Waals surface area (Å²) in [5, 5.41) is 3.75. The van der Waals surface area contributed by atoms with Crippen molar-refractivity contribution in [3.8, 4) is 0 Å². The van der Waals surface area contributed by atoms with Gasteiger partial charge in [-0.1, -0.05) is 13.3 Å². The van der Waals surface area contributed by atoms with E-state index >= 15 is 0 Å². The molecule has 1 N–H and O–H groups in total. The lowest BCUT2D eigenvalue weighted by molar-refractivity contribution is -0.0268. The maximum absolute atomic E-state index is 5.60. The number of rotatable bonds is 4. The highest BCUT2D eigenvalue weighted by Crippen LogP contribution is 2.26. The molecule has 3 nitrogen and oxygen atoms in total. The van der Waals surface area contributed by atoms with E-state index in [-0.39, 0.29) is 0 Å². The number of nitrogens with one attached hydrogen (secondary N) is 1. The Morgan fingerprint density at radius 3 is 3.00 bits per heavy atom. The lowest BCUT2D eigenvalue weighted by Crippen LogP contribution is -2.53. The van der Waals surface area contributed by atoms with E-state index in [9.17, 15) is 0 Å². The van der Waals surface area contributed by atoms with Gasteiger partial charge in [0, 0.05) is 25.2 Å². The van der Waals surface area contributed by atoms with Gasteiger partial charge in [-0.2, -0.15) is 0 Å². The number of morpholine rings is 1. The van der Waals surface area contributed by atoms with Gasteiger partial charge in [0.15, 0.2) is 0 Å². The summed E-state index contributed by atoms with van der Waals surface area (Å²) < 4.78 is 5.60. The zero-order chi connectivity index (χ0) is 11.4. The Labute approximate surface area is 99.5 Å². The van der Waals surface area contributed by atoms with E-state index in [1.807, 2.05) is 0 Å². The molecule has 94 valence electrons. The first kappa shape index (κ1) is 12.3. The molecule has 3 heteroatoms. The van der Waals surface area contributed by atoms with Crippen LogP contribution < -0.4 is 5.32 Å². The van der Waals surface area contributed by atoms with Crippen LogP contribution in [0, 0.1) is 0 Å². The Balaban J connectivity index is 1.89. The molecule has 0 aromatic carbocycles. The smallest absolute Gasteiger partial charge is 0.0674 e. The van der Waals surface area contributed by atoms with E-state index in [2.05, 4.69) is 24.1 Å². The minimum atomic E-state index is 0.409. The Hall–Kier alpha value is -0.120. The summed E-state index contributed by atoms with van der Waals surface area (Å²) in [5.41, 5.74) is 0.409. The van der Waals surface area contributed by atoms with E-state index < -0.39 is 0 Å². The van der Waals surface area contributed by atoms with E-state index in [0.717, 1.165) is 19.7 Å². The Morgan fingerprint density at radius 2 is 2.38 bits per heavy atom. The quantitative estimate of drug-likeness (QED) is 0.788. The fourth-order valence-electron chi connectivity index (χ4n) is 3.24. The van der Waals surface area contributed by atoms with Crippen molar-refractivity contribution in [2.24, 2.45) is 0 Å². The average Bonchev–Trinajstić information content (AvgIpc) is 2.67. The number of ether oxygens (including phenoxy) is 1. The normalized spacial score (nSPS) is 36.8. The highest BCUT2D eigenvalue weighted by Gasteiger charge is 2.35. The van der Waals surface area contributed by atoms with E-state index in [1.165, 1.54) is 38.8 Å². The van der Waals surface area contributed by atoms with Crippen LogP contribution in [0.1, 0.15) is 39.5 Å². The fourth-order valence-corrected chi connectivity index (χ4v) is 3.24. The van der Waals surface area contributed by atoms with E-state index in [0.29, 0.717) is 11.6 Å². The summed E-state index contributed by atoms with van der Waals surface area (Å²) in [6.07, 6.45) is 5.71. The molecule has 0 bridgehead atoms. The predicted octanol–water partition coefficient (Wildman–Crippen LogP) is 1.63. The van der Waals surface area contributed by atoms with Crippen LogP contribution in [0.3, 0.4) is 0 Å². The molecule has 2 rings (SSSR count). The second-order valence-corrected chi connectivity index (χ2v) is 5.48. The molecule has 2 unspecified atom stereocenters. The van der Waals surface area contributed by atoms with Gasteiger partial charge < -0.3 is 10.1 Å². The molecule has 2 aliphatic heterocycles. The van der Waals surface area contributed by atoms with Crippen LogP contribution in [0.4, 0.5) is 0 Å². The van der Waals surface area contributed by atoms with Gasteiger partial charge in [-0.3, -0.25) is 4.90 Å². The second-order valence-electron chi connectivity index (χ2n) is 5.48. The molecule has 0 amide bonds. The summed E-state index contributed by atoms with van der Waals surface area (Å²) in [7, 11) is 0. The second kappa shape index (κ2) is 5.48. The number of nitrogens with zero attached hydrogens (tertiary/aromatic N) is 1. The zero-order valence-corrected chi connectivity index (χ0v) is 10.8. The first-order valence-electron chi connectivity index (χ1n) is 6.83. The average molecular weight is 226 g/mol. The van der Waals surface area contributed by atoms with Crippen molar-refractivity contribution in [1.29, 1.82) is 0 Å². The topological polar surface area (TPSA) is 24.5 Å².